The molecule has 52 heavy (non-hydrogen) atoms. The number of rotatable bonds is 12. The van der Waals surface area contributed by atoms with Crippen molar-refractivity contribution in [1.82, 2.24) is 30.2 Å². The highest BCUT2D eigenvalue weighted by molar-refractivity contribution is 7.85. The van der Waals surface area contributed by atoms with Crippen LogP contribution in [0.15, 0.2) is 24.5 Å². The number of nitrogens with zero attached hydrogens (tertiary/aromatic N) is 3. The van der Waals surface area contributed by atoms with Crippen molar-refractivity contribution in [3.05, 3.63) is 24.5 Å². The fourth-order valence-corrected chi connectivity index (χ4v) is 7.52. The Bertz CT molecular complexity index is 1840. The Kier molecular flexibility index (Phi) is 10.5. The quantitative estimate of drug-likeness (QED) is 0.287. The van der Waals surface area contributed by atoms with Crippen LogP contribution in [0.1, 0.15) is 87.5 Å². The van der Waals surface area contributed by atoms with E-state index in [4.69, 9.17) is 18.4 Å². The van der Waals surface area contributed by atoms with Gasteiger partial charge in [0.15, 0.2) is 0 Å². The summed E-state index contributed by atoms with van der Waals surface area (Å²) in [5.41, 5.74) is -3.51. The van der Waals surface area contributed by atoms with Gasteiger partial charge in [-0.2, -0.15) is 8.42 Å². The van der Waals surface area contributed by atoms with Gasteiger partial charge in [-0.15, -0.1) is 0 Å². The van der Waals surface area contributed by atoms with Gasteiger partial charge in [-0.1, -0.05) is 34.1 Å². The number of hydrogen-bond acceptors (Lipinski definition) is 12. The number of ether oxygens (including phenoxy) is 3. The molecule has 2 saturated carbocycles. The van der Waals surface area contributed by atoms with Crippen LogP contribution in [-0.2, 0) is 33.6 Å². The Morgan fingerprint density at radius 3 is 2.35 bits per heavy atom. The van der Waals surface area contributed by atoms with Gasteiger partial charge in [0.1, 0.15) is 41.4 Å². The first kappa shape index (κ1) is 39.0. The molecule has 1 aromatic heterocycles. The van der Waals surface area contributed by atoms with Gasteiger partial charge in [0, 0.05) is 12.5 Å². The molecule has 1 aromatic carbocycles. The van der Waals surface area contributed by atoms with Crippen LogP contribution in [0.4, 0.5) is 4.79 Å². The minimum absolute atomic E-state index is 0.00319. The summed E-state index contributed by atoms with van der Waals surface area (Å²) in [5.74, 6) is -1.72. The van der Waals surface area contributed by atoms with Gasteiger partial charge >= 0.3 is 16.4 Å². The van der Waals surface area contributed by atoms with Crippen LogP contribution in [-0.4, -0.2) is 95.7 Å². The first-order chi connectivity index (χ1) is 24.1. The highest BCUT2D eigenvalue weighted by Crippen LogP contribution is 2.47. The maximum absolute atomic E-state index is 14.5. The number of alkyl carbamates (subject to hydrolysis) is 1. The Hall–Kier alpha value is -4.25. The first-order valence-electron chi connectivity index (χ1n) is 17.4. The zero-order valence-electron chi connectivity index (χ0n) is 31.2. The summed E-state index contributed by atoms with van der Waals surface area (Å²) in [6.45, 7) is 13.8. The number of likely N-dealkylation sites (tertiary alicyclic amines) is 1. The fourth-order valence-electron chi connectivity index (χ4n) is 6.37. The SMILES string of the molecule is CC[C@@H]1C[C@]1(NC(=O)[C@@H]1C[C@@H](Oc2ncnc3cc(OC)ccc23)CN1C(=O)[C@@H](NC(=O)OC(C)(C)C)C(C)(C)C)C(=O)NS(=O)(=O)OC1(C)CC1. The van der Waals surface area contributed by atoms with Crippen molar-refractivity contribution < 1.29 is 46.0 Å². The van der Waals surface area contributed by atoms with E-state index in [0.29, 0.717) is 35.9 Å². The van der Waals surface area contributed by atoms with E-state index in [1.807, 2.05) is 11.6 Å². The molecule has 0 unspecified atom stereocenters. The molecule has 5 rings (SSSR count). The third-order valence-electron chi connectivity index (χ3n) is 9.54. The summed E-state index contributed by atoms with van der Waals surface area (Å²) in [7, 11) is -2.92. The molecule has 2 heterocycles. The van der Waals surface area contributed by atoms with E-state index >= 15 is 0 Å². The lowest BCUT2D eigenvalue weighted by molar-refractivity contribution is -0.143. The smallest absolute Gasteiger partial charge is 0.408 e. The van der Waals surface area contributed by atoms with Gasteiger partial charge in [0.05, 0.1) is 30.2 Å². The average molecular weight is 747 g/mol. The predicted molar refractivity (Wildman–Crippen MR) is 188 cm³/mol. The molecular weight excluding hydrogens is 696 g/mol. The molecule has 2 aliphatic carbocycles. The topological polar surface area (TPSA) is 204 Å². The molecule has 2 aromatic rings. The lowest BCUT2D eigenvalue weighted by Crippen LogP contribution is -2.60. The van der Waals surface area contributed by atoms with Crippen molar-refractivity contribution in [3.63, 3.8) is 0 Å². The minimum atomic E-state index is -4.46. The van der Waals surface area contributed by atoms with Gasteiger partial charge in [-0.3, -0.25) is 14.4 Å². The second kappa shape index (κ2) is 14.0. The fraction of sp³-hybridized carbons (Fsp3) is 0.657. The molecule has 1 aliphatic heterocycles. The van der Waals surface area contributed by atoms with E-state index < -0.39 is 74.5 Å². The van der Waals surface area contributed by atoms with Gasteiger partial charge in [0.2, 0.25) is 17.7 Å². The normalized spacial score (nSPS) is 24.4. The number of benzene rings is 1. The third kappa shape index (κ3) is 8.85. The lowest BCUT2D eigenvalue weighted by Gasteiger charge is -2.36. The minimum Gasteiger partial charge on any atom is -0.497 e. The van der Waals surface area contributed by atoms with Gasteiger partial charge in [-0.25, -0.2) is 23.7 Å². The van der Waals surface area contributed by atoms with Crippen LogP contribution in [0.25, 0.3) is 10.9 Å². The van der Waals surface area contributed by atoms with E-state index in [9.17, 15) is 27.6 Å². The summed E-state index contributed by atoms with van der Waals surface area (Å²) in [5, 5.41) is 6.07. The predicted octanol–water partition coefficient (Wildman–Crippen LogP) is 3.14. The second-order valence-corrected chi connectivity index (χ2v) is 17.5. The molecule has 4 amide bonds. The zero-order chi connectivity index (χ0) is 38.4. The molecule has 5 atom stereocenters. The van der Waals surface area contributed by atoms with E-state index in [0.717, 1.165) is 0 Å². The molecule has 1 saturated heterocycles. The average Bonchev–Trinajstić information content (AvgIpc) is 3.90. The molecule has 17 heteroatoms. The van der Waals surface area contributed by atoms with E-state index in [1.165, 1.54) is 18.3 Å². The maximum Gasteiger partial charge on any atom is 0.408 e. The van der Waals surface area contributed by atoms with Crippen molar-refractivity contribution in [2.24, 2.45) is 11.3 Å². The van der Waals surface area contributed by atoms with Crippen LogP contribution in [0.5, 0.6) is 11.6 Å². The molecule has 3 aliphatic rings. The van der Waals surface area contributed by atoms with Crippen molar-refractivity contribution in [2.45, 2.75) is 122 Å². The molecular formula is C35H50N6O10S. The van der Waals surface area contributed by atoms with Crippen molar-refractivity contribution in [3.8, 4) is 11.6 Å². The summed E-state index contributed by atoms with van der Waals surface area (Å²) in [6.07, 6.45) is 1.51. The number of aromatic nitrogens is 2. The Labute approximate surface area is 304 Å². The van der Waals surface area contributed by atoms with Crippen LogP contribution < -0.4 is 24.8 Å². The third-order valence-corrected chi connectivity index (χ3v) is 10.6. The van der Waals surface area contributed by atoms with Crippen LogP contribution in [0.3, 0.4) is 0 Å². The first-order valence-corrected chi connectivity index (χ1v) is 18.8. The van der Waals surface area contributed by atoms with Crippen LogP contribution >= 0.6 is 0 Å². The van der Waals surface area contributed by atoms with Gasteiger partial charge in [-0.05, 0) is 70.4 Å². The molecule has 16 nitrogen and oxygen atoms in total. The molecule has 3 N–H and O–H groups in total. The Morgan fingerprint density at radius 2 is 1.77 bits per heavy atom. The number of amides is 4. The highest BCUT2D eigenvalue weighted by Gasteiger charge is 2.62. The lowest BCUT2D eigenvalue weighted by atomic mass is 9.85. The van der Waals surface area contributed by atoms with Crippen LogP contribution in [0.2, 0.25) is 0 Å². The van der Waals surface area contributed by atoms with E-state index in [2.05, 4.69) is 20.6 Å². The summed E-state index contributed by atoms with van der Waals surface area (Å²) < 4.78 is 49.8. The van der Waals surface area contributed by atoms with Crippen molar-refractivity contribution in [1.29, 1.82) is 0 Å². The molecule has 3 fully saturated rings. The number of carbonyl (C=O) groups is 4. The summed E-state index contributed by atoms with van der Waals surface area (Å²) >= 11 is 0. The van der Waals surface area contributed by atoms with Crippen LogP contribution in [0, 0.1) is 11.3 Å². The Morgan fingerprint density at radius 1 is 1.08 bits per heavy atom. The molecule has 286 valence electrons. The second-order valence-electron chi connectivity index (χ2n) is 16.2. The molecule has 0 radical (unpaired) electrons. The molecule has 0 bridgehead atoms. The summed E-state index contributed by atoms with van der Waals surface area (Å²) in [4.78, 5) is 65.2. The van der Waals surface area contributed by atoms with E-state index in [1.54, 1.807) is 66.7 Å². The number of methoxy groups -OCH3 is 1. The van der Waals surface area contributed by atoms with Gasteiger partial charge in [0.25, 0.3) is 5.91 Å². The zero-order valence-corrected chi connectivity index (χ0v) is 32.0. The monoisotopic (exact) mass is 746 g/mol. The number of fused-ring (bicyclic) bond motifs is 1. The number of hydrogen-bond donors (Lipinski definition) is 3. The van der Waals surface area contributed by atoms with E-state index in [-0.39, 0.29) is 31.2 Å². The molecule has 0 spiro atoms. The standard InChI is InChI=1S/C35H50N6O10S/c1-10-20-17-35(20,30(44)40-52(46,47)51-34(8)13-14-34)39-27(42)25-16-22(49-28-23-12-11-21(48-9)15-24(23)36-19-37-28)18-41(25)29(43)26(32(2,3)4)38-31(45)50-33(5,6)7/h11-12,15,19-20,22,25-26H,10,13-14,16-18H2,1-9H3,(H,38,45)(H,39,42)(H,40,44)/t20-,22-,25+,26-,35-/m1/s1. The van der Waals surface area contributed by atoms with Crippen molar-refractivity contribution >= 4 is 45.0 Å². The van der Waals surface area contributed by atoms with Crippen molar-refractivity contribution in [2.75, 3.05) is 13.7 Å². The largest absolute Gasteiger partial charge is 0.497 e. The number of carbonyl (C=O) groups excluding carboxylic acids is 4. The van der Waals surface area contributed by atoms with Gasteiger partial charge < -0.3 is 29.7 Å². The Balaban J connectivity index is 1.43. The number of nitrogens with one attached hydrogen (secondary N) is 3. The maximum atomic E-state index is 14.5. The highest BCUT2D eigenvalue weighted by atomic mass is 32.2. The summed E-state index contributed by atoms with van der Waals surface area (Å²) in [6, 6.07) is 2.90.